The molecule has 112 valence electrons. The highest BCUT2D eigenvalue weighted by Crippen LogP contribution is 2.09. The topological polar surface area (TPSA) is 84.9 Å². The van der Waals surface area contributed by atoms with Gasteiger partial charge in [-0.2, -0.15) is 0 Å². The van der Waals surface area contributed by atoms with Gasteiger partial charge in [0.05, 0.1) is 5.60 Å². The van der Waals surface area contributed by atoms with Gasteiger partial charge in [0, 0.05) is 13.0 Å². The summed E-state index contributed by atoms with van der Waals surface area (Å²) >= 11 is 0. The molecule has 0 heterocycles. The van der Waals surface area contributed by atoms with Gasteiger partial charge < -0.3 is 19.9 Å². The molecule has 0 saturated carbocycles. The van der Waals surface area contributed by atoms with Crippen molar-refractivity contribution in [2.24, 2.45) is 0 Å². The van der Waals surface area contributed by atoms with Gasteiger partial charge in [0.15, 0.2) is 0 Å². The van der Waals surface area contributed by atoms with Crippen LogP contribution in [0, 0.1) is 0 Å². The van der Waals surface area contributed by atoms with Crippen LogP contribution in [0.25, 0.3) is 0 Å². The van der Waals surface area contributed by atoms with E-state index in [1.165, 1.54) is 0 Å². The number of aliphatic carboxylic acids is 1. The number of hydrogen-bond donors (Lipinski definition) is 2. The Morgan fingerprint density at radius 1 is 1.11 bits per heavy atom. The summed E-state index contributed by atoms with van der Waals surface area (Å²) in [4.78, 5) is 22.5. The second-order valence-electron chi connectivity index (χ2n) is 6.29. The van der Waals surface area contributed by atoms with Crippen LogP contribution in [0.1, 0.15) is 48.0 Å². The first kappa shape index (κ1) is 17.7. The zero-order valence-corrected chi connectivity index (χ0v) is 12.6. The lowest BCUT2D eigenvalue weighted by Gasteiger charge is -2.23. The van der Waals surface area contributed by atoms with E-state index in [0.717, 1.165) is 0 Å². The first-order chi connectivity index (χ1) is 8.41. The summed E-state index contributed by atoms with van der Waals surface area (Å²) in [5, 5.41) is 11.3. The molecule has 6 nitrogen and oxygen atoms in total. The number of nitrogens with one attached hydrogen (secondary N) is 1. The van der Waals surface area contributed by atoms with Crippen molar-refractivity contribution in [2.45, 2.75) is 65.2 Å². The lowest BCUT2D eigenvalue weighted by molar-refractivity contribution is -0.140. The minimum absolute atomic E-state index is 0.186. The largest absolute Gasteiger partial charge is 0.480 e. The van der Waals surface area contributed by atoms with Crippen molar-refractivity contribution < 1.29 is 24.2 Å². The van der Waals surface area contributed by atoms with Crippen LogP contribution >= 0.6 is 0 Å². The van der Waals surface area contributed by atoms with Crippen LogP contribution in [0.5, 0.6) is 0 Å². The highest BCUT2D eigenvalue weighted by atomic mass is 16.6. The molecule has 1 unspecified atom stereocenters. The Morgan fingerprint density at radius 2 is 1.63 bits per heavy atom. The Morgan fingerprint density at radius 3 is 2.00 bits per heavy atom. The molecule has 1 amide bonds. The van der Waals surface area contributed by atoms with Gasteiger partial charge in [-0.25, -0.2) is 9.59 Å². The average molecular weight is 275 g/mol. The van der Waals surface area contributed by atoms with Crippen LogP contribution in [0.3, 0.4) is 0 Å². The number of alkyl carbamates (subject to hydrolysis) is 1. The van der Waals surface area contributed by atoms with Crippen molar-refractivity contribution in [3.8, 4) is 0 Å². The first-order valence-corrected chi connectivity index (χ1v) is 6.27. The van der Waals surface area contributed by atoms with Crippen molar-refractivity contribution in [3.05, 3.63) is 0 Å². The highest BCUT2D eigenvalue weighted by Gasteiger charge is 2.24. The third-order valence-electron chi connectivity index (χ3n) is 1.93. The van der Waals surface area contributed by atoms with Crippen molar-refractivity contribution in [1.29, 1.82) is 0 Å². The fourth-order valence-electron chi connectivity index (χ4n) is 1.19. The average Bonchev–Trinajstić information content (AvgIpc) is 2.10. The molecular formula is C13H25NO5. The quantitative estimate of drug-likeness (QED) is 0.803. The van der Waals surface area contributed by atoms with Gasteiger partial charge in [-0.1, -0.05) is 0 Å². The van der Waals surface area contributed by atoms with Crippen LogP contribution in [-0.2, 0) is 14.3 Å². The Labute approximate surface area is 114 Å². The monoisotopic (exact) mass is 275 g/mol. The number of carboxylic acid groups (broad SMARTS) is 1. The minimum atomic E-state index is -1.11. The van der Waals surface area contributed by atoms with Crippen LogP contribution in [0.2, 0.25) is 0 Å². The summed E-state index contributed by atoms with van der Waals surface area (Å²) in [6.07, 6.45) is -0.554. The van der Waals surface area contributed by atoms with E-state index in [-0.39, 0.29) is 18.6 Å². The number of amides is 1. The Hall–Kier alpha value is -1.30. The number of carbonyl (C=O) groups excluding carboxylic acids is 1. The normalized spacial score (nSPS) is 13.8. The molecule has 0 radical (unpaired) electrons. The summed E-state index contributed by atoms with van der Waals surface area (Å²) in [5.41, 5.74) is -0.996. The predicted molar refractivity (Wildman–Crippen MR) is 71.1 cm³/mol. The second-order valence-corrected chi connectivity index (χ2v) is 6.29. The zero-order valence-electron chi connectivity index (χ0n) is 12.6. The van der Waals surface area contributed by atoms with Gasteiger partial charge in [-0.15, -0.1) is 0 Å². The molecule has 0 saturated heterocycles. The van der Waals surface area contributed by atoms with E-state index in [2.05, 4.69) is 5.32 Å². The molecule has 6 heteroatoms. The molecule has 0 aromatic carbocycles. The zero-order chi connectivity index (χ0) is 15.3. The van der Waals surface area contributed by atoms with Gasteiger partial charge in [0.25, 0.3) is 0 Å². The molecule has 0 bridgehead atoms. The van der Waals surface area contributed by atoms with Gasteiger partial charge >= 0.3 is 12.1 Å². The summed E-state index contributed by atoms with van der Waals surface area (Å²) in [6, 6.07) is -1.02. The molecule has 0 aliphatic heterocycles. The van der Waals surface area contributed by atoms with E-state index in [9.17, 15) is 9.59 Å². The standard InChI is InChI=1S/C13H25NO5/c1-12(2,3)18-8-7-9(10(15)16)14-11(17)19-13(4,5)6/h9H,7-8H2,1-6H3,(H,14,17)(H,15,16). The molecule has 2 N–H and O–H groups in total. The molecule has 19 heavy (non-hydrogen) atoms. The second kappa shape index (κ2) is 6.75. The van der Waals surface area contributed by atoms with E-state index in [1.807, 2.05) is 20.8 Å². The summed E-state index contributed by atoms with van der Waals surface area (Å²) in [6.45, 7) is 11.0. The van der Waals surface area contributed by atoms with Gasteiger partial charge in [-0.3, -0.25) is 0 Å². The highest BCUT2D eigenvalue weighted by molar-refractivity contribution is 5.79. The van der Waals surface area contributed by atoms with Gasteiger partial charge in [0.1, 0.15) is 11.6 Å². The smallest absolute Gasteiger partial charge is 0.408 e. The Kier molecular flexibility index (Phi) is 6.29. The molecular weight excluding hydrogens is 250 g/mol. The van der Waals surface area contributed by atoms with E-state index in [0.29, 0.717) is 0 Å². The fourth-order valence-corrected chi connectivity index (χ4v) is 1.19. The van der Waals surface area contributed by atoms with Crippen molar-refractivity contribution >= 4 is 12.1 Å². The summed E-state index contributed by atoms with van der Waals surface area (Å²) < 4.78 is 10.4. The SMILES string of the molecule is CC(C)(C)OCCC(NC(=O)OC(C)(C)C)C(=O)O. The number of ether oxygens (including phenoxy) is 2. The van der Waals surface area contributed by atoms with Gasteiger partial charge in [0.2, 0.25) is 0 Å². The van der Waals surface area contributed by atoms with Crippen LogP contribution in [-0.4, -0.2) is 41.0 Å². The fraction of sp³-hybridized carbons (Fsp3) is 0.846. The molecule has 0 spiro atoms. The van der Waals surface area contributed by atoms with Crippen LogP contribution < -0.4 is 5.32 Å². The lowest BCUT2D eigenvalue weighted by atomic mass is 10.2. The number of hydrogen-bond acceptors (Lipinski definition) is 4. The molecule has 0 aliphatic carbocycles. The molecule has 1 atom stereocenters. The predicted octanol–water partition coefficient (Wildman–Crippen LogP) is 2.17. The number of carbonyl (C=O) groups is 2. The molecule has 0 aromatic heterocycles. The van der Waals surface area contributed by atoms with E-state index in [1.54, 1.807) is 20.8 Å². The maximum absolute atomic E-state index is 11.5. The molecule has 0 aliphatic rings. The lowest BCUT2D eigenvalue weighted by Crippen LogP contribution is -2.44. The summed E-state index contributed by atoms with van der Waals surface area (Å²) in [5.74, 6) is -1.11. The molecule has 0 fully saturated rings. The maximum Gasteiger partial charge on any atom is 0.408 e. The van der Waals surface area contributed by atoms with E-state index >= 15 is 0 Å². The number of rotatable bonds is 5. The Balaban J connectivity index is 4.28. The van der Waals surface area contributed by atoms with E-state index < -0.39 is 23.7 Å². The van der Waals surface area contributed by atoms with Gasteiger partial charge in [-0.05, 0) is 41.5 Å². The van der Waals surface area contributed by atoms with Crippen molar-refractivity contribution in [2.75, 3.05) is 6.61 Å². The van der Waals surface area contributed by atoms with Crippen LogP contribution in [0.4, 0.5) is 4.79 Å². The van der Waals surface area contributed by atoms with Crippen LogP contribution in [0.15, 0.2) is 0 Å². The van der Waals surface area contributed by atoms with Crippen molar-refractivity contribution in [3.63, 3.8) is 0 Å². The third-order valence-corrected chi connectivity index (χ3v) is 1.93. The molecule has 0 rings (SSSR count). The minimum Gasteiger partial charge on any atom is -0.480 e. The maximum atomic E-state index is 11.5. The third kappa shape index (κ3) is 10.3. The number of carboxylic acids is 1. The summed E-state index contributed by atoms with van der Waals surface area (Å²) in [7, 11) is 0. The first-order valence-electron chi connectivity index (χ1n) is 6.27. The molecule has 0 aromatic rings. The van der Waals surface area contributed by atoms with E-state index in [4.69, 9.17) is 14.6 Å². The van der Waals surface area contributed by atoms with Crippen molar-refractivity contribution in [1.82, 2.24) is 5.32 Å². The Bertz CT molecular complexity index is 314.